The number of rotatable bonds is 6. The molecule has 0 aliphatic carbocycles. The first-order chi connectivity index (χ1) is 11.4. The van der Waals surface area contributed by atoms with Crippen LogP contribution in [-0.4, -0.2) is 22.4 Å². The Kier molecular flexibility index (Phi) is 7.04. The molecule has 0 atom stereocenters. The van der Waals surface area contributed by atoms with Crippen molar-refractivity contribution in [3.05, 3.63) is 39.5 Å². The lowest BCUT2D eigenvalue weighted by Crippen LogP contribution is -2.09. The molecule has 0 radical (unpaired) electrons. The molecule has 0 bridgehead atoms. The van der Waals surface area contributed by atoms with Crippen LogP contribution in [-0.2, 0) is 10.1 Å². The average molecular weight is 452 g/mol. The van der Waals surface area contributed by atoms with Crippen molar-refractivity contribution in [1.29, 1.82) is 0 Å². The Bertz CT molecular complexity index is 730. The smallest absolute Gasteiger partial charge is 0.359 e. The van der Waals surface area contributed by atoms with Crippen LogP contribution in [0.3, 0.4) is 0 Å². The molecule has 130 valence electrons. The van der Waals surface area contributed by atoms with Gasteiger partial charge < -0.3 is 4.74 Å². The molecule has 0 amide bonds. The van der Waals surface area contributed by atoms with Gasteiger partial charge in [-0.15, -0.1) is 0 Å². The van der Waals surface area contributed by atoms with E-state index >= 15 is 0 Å². The SMILES string of the molecule is CCOC(=O)c1nn(C(C)C)c(Sc2cc(Cl)cc(Cl)c2)c1CBr. The number of carbonyl (C=O) groups excluding carboxylic acids is 1. The zero-order valence-electron chi connectivity index (χ0n) is 13.5. The van der Waals surface area contributed by atoms with E-state index in [4.69, 9.17) is 27.9 Å². The quantitative estimate of drug-likeness (QED) is 0.399. The van der Waals surface area contributed by atoms with E-state index in [1.165, 1.54) is 11.8 Å². The molecule has 0 spiro atoms. The van der Waals surface area contributed by atoms with E-state index in [2.05, 4.69) is 21.0 Å². The summed E-state index contributed by atoms with van der Waals surface area (Å²) in [5, 5.41) is 6.94. The fourth-order valence-corrected chi connectivity index (χ4v) is 4.70. The minimum absolute atomic E-state index is 0.0862. The van der Waals surface area contributed by atoms with E-state index in [9.17, 15) is 4.79 Å². The number of ether oxygens (including phenoxy) is 1. The third-order valence-electron chi connectivity index (χ3n) is 3.10. The fraction of sp³-hybridized carbons (Fsp3) is 0.375. The minimum Gasteiger partial charge on any atom is -0.461 e. The third kappa shape index (κ3) is 4.48. The number of halogens is 3. The van der Waals surface area contributed by atoms with Crippen LogP contribution in [0.15, 0.2) is 28.1 Å². The summed E-state index contributed by atoms with van der Waals surface area (Å²) in [6, 6.07) is 5.43. The van der Waals surface area contributed by atoms with Crippen molar-refractivity contribution in [1.82, 2.24) is 9.78 Å². The Morgan fingerprint density at radius 3 is 2.46 bits per heavy atom. The maximum atomic E-state index is 12.2. The highest BCUT2D eigenvalue weighted by Gasteiger charge is 2.25. The summed E-state index contributed by atoms with van der Waals surface area (Å²) >= 11 is 17.1. The molecule has 0 aliphatic heterocycles. The van der Waals surface area contributed by atoms with Crippen LogP contribution in [0.4, 0.5) is 0 Å². The van der Waals surface area contributed by atoms with Crippen LogP contribution in [0, 0.1) is 0 Å². The van der Waals surface area contributed by atoms with E-state index in [0.29, 0.717) is 27.7 Å². The molecule has 4 nitrogen and oxygen atoms in total. The Labute approximate surface area is 164 Å². The molecule has 1 aromatic carbocycles. The van der Waals surface area contributed by atoms with E-state index in [-0.39, 0.29) is 6.04 Å². The first-order valence-corrected chi connectivity index (χ1v) is 10.0. The first kappa shape index (κ1) is 19.6. The standard InChI is InChI=1S/C16H17BrCl2N2O2S/c1-4-23-16(22)14-13(8-17)15(21(20-14)9(2)3)24-12-6-10(18)5-11(19)7-12/h5-7,9H,4,8H2,1-3H3. The second-order valence-electron chi connectivity index (χ2n) is 5.23. The Morgan fingerprint density at radius 1 is 1.33 bits per heavy atom. The van der Waals surface area contributed by atoms with Crippen molar-refractivity contribution in [2.24, 2.45) is 0 Å². The summed E-state index contributed by atoms with van der Waals surface area (Å²) in [5.74, 6) is -0.419. The molecule has 0 saturated heterocycles. The second kappa shape index (κ2) is 8.61. The highest BCUT2D eigenvalue weighted by atomic mass is 79.9. The van der Waals surface area contributed by atoms with E-state index in [1.807, 2.05) is 30.7 Å². The van der Waals surface area contributed by atoms with Crippen molar-refractivity contribution in [3.63, 3.8) is 0 Å². The van der Waals surface area contributed by atoms with Gasteiger partial charge in [0.1, 0.15) is 5.03 Å². The average Bonchev–Trinajstić information content (AvgIpc) is 2.85. The van der Waals surface area contributed by atoms with Crippen molar-refractivity contribution in [2.45, 2.75) is 42.1 Å². The van der Waals surface area contributed by atoms with Crippen LogP contribution in [0.5, 0.6) is 0 Å². The van der Waals surface area contributed by atoms with Gasteiger partial charge in [-0.25, -0.2) is 4.79 Å². The third-order valence-corrected chi connectivity index (χ3v) is 5.20. The molecule has 2 rings (SSSR count). The second-order valence-corrected chi connectivity index (χ2v) is 7.73. The van der Waals surface area contributed by atoms with Crippen LogP contribution in [0.1, 0.15) is 42.9 Å². The Hall–Kier alpha value is -0.690. The maximum absolute atomic E-state index is 12.2. The predicted octanol–water partition coefficient (Wildman–Crippen LogP) is 5.99. The van der Waals surface area contributed by atoms with Gasteiger partial charge >= 0.3 is 5.97 Å². The fourth-order valence-electron chi connectivity index (χ4n) is 2.09. The molecule has 0 unspecified atom stereocenters. The zero-order chi connectivity index (χ0) is 17.9. The van der Waals surface area contributed by atoms with Crippen molar-refractivity contribution < 1.29 is 9.53 Å². The maximum Gasteiger partial charge on any atom is 0.359 e. The van der Waals surface area contributed by atoms with Crippen LogP contribution >= 0.6 is 50.9 Å². The molecule has 24 heavy (non-hydrogen) atoms. The van der Waals surface area contributed by atoms with Crippen LogP contribution in [0.25, 0.3) is 0 Å². The van der Waals surface area contributed by atoms with E-state index in [1.54, 1.807) is 13.0 Å². The molecule has 8 heteroatoms. The van der Waals surface area contributed by atoms with Gasteiger partial charge in [-0.3, -0.25) is 4.68 Å². The lowest BCUT2D eigenvalue weighted by Gasteiger charge is -2.12. The summed E-state index contributed by atoms with van der Waals surface area (Å²) in [7, 11) is 0. The molecule has 2 aromatic rings. The normalized spacial score (nSPS) is 11.1. The number of nitrogens with zero attached hydrogens (tertiary/aromatic N) is 2. The number of carbonyl (C=O) groups is 1. The van der Waals surface area contributed by atoms with Crippen molar-refractivity contribution in [3.8, 4) is 0 Å². The van der Waals surface area contributed by atoms with Gasteiger partial charge in [0.2, 0.25) is 0 Å². The lowest BCUT2D eigenvalue weighted by molar-refractivity contribution is 0.0517. The minimum atomic E-state index is -0.419. The highest BCUT2D eigenvalue weighted by molar-refractivity contribution is 9.08. The number of hydrogen-bond donors (Lipinski definition) is 0. The van der Waals surface area contributed by atoms with Gasteiger partial charge in [-0.05, 0) is 39.0 Å². The molecular weight excluding hydrogens is 435 g/mol. The van der Waals surface area contributed by atoms with Gasteiger partial charge in [0.15, 0.2) is 5.69 Å². The molecule has 0 fully saturated rings. The van der Waals surface area contributed by atoms with Gasteiger partial charge in [0.25, 0.3) is 0 Å². The first-order valence-electron chi connectivity index (χ1n) is 7.35. The van der Waals surface area contributed by atoms with Gasteiger partial charge in [0.05, 0.1) is 6.61 Å². The number of aromatic nitrogens is 2. The largest absolute Gasteiger partial charge is 0.461 e. The van der Waals surface area contributed by atoms with Gasteiger partial charge in [-0.1, -0.05) is 50.9 Å². The summed E-state index contributed by atoms with van der Waals surface area (Å²) < 4.78 is 6.94. The summed E-state index contributed by atoms with van der Waals surface area (Å²) in [6.45, 7) is 6.10. The van der Waals surface area contributed by atoms with E-state index < -0.39 is 5.97 Å². The highest BCUT2D eigenvalue weighted by Crippen LogP contribution is 2.37. The molecule has 1 heterocycles. The molecule has 1 aromatic heterocycles. The number of benzene rings is 1. The molecule has 0 N–H and O–H groups in total. The molecule has 0 saturated carbocycles. The van der Waals surface area contributed by atoms with Gasteiger partial charge in [-0.2, -0.15) is 5.10 Å². The number of alkyl halides is 1. The molecular formula is C16H17BrCl2N2O2S. The Morgan fingerprint density at radius 2 is 1.96 bits per heavy atom. The van der Waals surface area contributed by atoms with Gasteiger partial charge in [0, 0.05) is 31.9 Å². The number of esters is 1. The molecule has 0 aliphatic rings. The van der Waals surface area contributed by atoms with E-state index in [0.717, 1.165) is 15.5 Å². The number of hydrogen-bond acceptors (Lipinski definition) is 4. The lowest BCUT2D eigenvalue weighted by atomic mass is 10.3. The zero-order valence-corrected chi connectivity index (χ0v) is 17.4. The summed E-state index contributed by atoms with van der Waals surface area (Å²) in [5.41, 5.74) is 1.13. The van der Waals surface area contributed by atoms with Crippen molar-refractivity contribution >= 4 is 56.9 Å². The summed E-state index contributed by atoms with van der Waals surface area (Å²) in [6.07, 6.45) is 0. The predicted molar refractivity (Wildman–Crippen MR) is 102 cm³/mol. The Balaban J connectivity index is 2.52. The van der Waals surface area contributed by atoms with Crippen molar-refractivity contribution in [2.75, 3.05) is 6.61 Å². The summed E-state index contributed by atoms with van der Waals surface area (Å²) in [4.78, 5) is 13.1. The van der Waals surface area contributed by atoms with Crippen LogP contribution in [0.2, 0.25) is 10.0 Å². The van der Waals surface area contributed by atoms with Crippen LogP contribution < -0.4 is 0 Å². The topological polar surface area (TPSA) is 44.1 Å². The monoisotopic (exact) mass is 450 g/mol.